The maximum atomic E-state index is 4.37. The highest BCUT2D eigenvalue weighted by Gasteiger charge is 2.27. The Balaban J connectivity index is 0.00000280. The molecule has 0 amide bonds. The van der Waals surface area contributed by atoms with Crippen LogP contribution >= 0.6 is 24.0 Å². The van der Waals surface area contributed by atoms with E-state index >= 15 is 0 Å². The van der Waals surface area contributed by atoms with E-state index in [4.69, 9.17) is 0 Å². The van der Waals surface area contributed by atoms with Gasteiger partial charge in [0.2, 0.25) is 0 Å². The van der Waals surface area contributed by atoms with Crippen molar-refractivity contribution in [1.82, 2.24) is 30.3 Å². The molecule has 1 fully saturated rings. The van der Waals surface area contributed by atoms with Crippen LogP contribution in [0.25, 0.3) is 5.82 Å². The number of nitrogens with one attached hydrogen (secondary N) is 2. The standard InChI is InChI=1S/C20H31N7.HI/c1-20(2,26-11-5-4-6-12-26)16-24-19(21-3)23-15-17-8-10-22-18(14-17)27-13-7-9-25-27;/h7-10,13-14H,4-6,11-12,15-16H2,1-3H3,(H2,21,23,24);1H. The molecule has 1 saturated heterocycles. The third-order valence-corrected chi connectivity index (χ3v) is 5.13. The third kappa shape index (κ3) is 6.16. The zero-order chi connectivity index (χ0) is 19.1. The summed E-state index contributed by atoms with van der Waals surface area (Å²) in [6.45, 7) is 8.53. The fourth-order valence-electron chi connectivity index (χ4n) is 3.42. The molecule has 154 valence electrons. The van der Waals surface area contributed by atoms with E-state index in [1.807, 2.05) is 37.6 Å². The van der Waals surface area contributed by atoms with Gasteiger partial charge in [0.25, 0.3) is 0 Å². The minimum absolute atomic E-state index is 0. The zero-order valence-corrected chi connectivity index (χ0v) is 19.4. The molecule has 0 aromatic carbocycles. The normalized spacial score (nSPS) is 15.8. The predicted molar refractivity (Wildman–Crippen MR) is 124 cm³/mol. The Bertz CT molecular complexity index is 737. The molecule has 1 aliphatic rings. The highest BCUT2D eigenvalue weighted by Crippen LogP contribution is 2.19. The number of aromatic nitrogens is 3. The lowest BCUT2D eigenvalue weighted by Crippen LogP contribution is -2.54. The van der Waals surface area contributed by atoms with Gasteiger partial charge < -0.3 is 10.6 Å². The quantitative estimate of drug-likeness (QED) is 0.365. The smallest absolute Gasteiger partial charge is 0.191 e. The number of pyridine rings is 1. The molecule has 2 N–H and O–H groups in total. The van der Waals surface area contributed by atoms with Gasteiger partial charge in [0.15, 0.2) is 11.8 Å². The van der Waals surface area contributed by atoms with Crippen molar-refractivity contribution in [1.29, 1.82) is 0 Å². The van der Waals surface area contributed by atoms with Gasteiger partial charge in [-0.1, -0.05) is 6.42 Å². The van der Waals surface area contributed by atoms with Gasteiger partial charge in [-0.2, -0.15) is 5.10 Å². The van der Waals surface area contributed by atoms with Crippen LogP contribution < -0.4 is 10.6 Å². The Morgan fingerprint density at radius 2 is 1.96 bits per heavy atom. The average Bonchev–Trinajstić information content (AvgIpc) is 3.24. The van der Waals surface area contributed by atoms with Crippen LogP contribution in [0.3, 0.4) is 0 Å². The molecule has 2 aromatic heterocycles. The molecule has 0 atom stereocenters. The first-order valence-electron chi connectivity index (χ1n) is 9.73. The van der Waals surface area contributed by atoms with Crippen molar-refractivity contribution in [3.8, 4) is 5.82 Å². The maximum Gasteiger partial charge on any atom is 0.191 e. The van der Waals surface area contributed by atoms with Crippen molar-refractivity contribution >= 4 is 29.9 Å². The number of nitrogens with zero attached hydrogens (tertiary/aromatic N) is 5. The maximum absolute atomic E-state index is 4.37. The first-order chi connectivity index (χ1) is 13.1. The molecule has 7 nitrogen and oxygen atoms in total. The molecule has 2 aromatic rings. The van der Waals surface area contributed by atoms with Gasteiger partial charge >= 0.3 is 0 Å². The van der Waals surface area contributed by atoms with Crippen LogP contribution in [-0.2, 0) is 6.54 Å². The lowest BCUT2D eigenvalue weighted by Gasteiger charge is -2.41. The van der Waals surface area contributed by atoms with E-state index < -0.39 is 0 Å². The molecular formula is C20H32IN7. The highest BCUT2D eigenvalue weighted by atomic mass is 127. The zero-order valence-electron chi connectivity index (χ0n) is 17.1. The monoisotopic (exact) mass is 497 g/mol. The molecular weight excluding hydrogens is 465 g/mol. The van der Waals surface area contributed by atoms with Crippen LogP contribution in [0.4, 0.5) is 0 Å². The van der Waals surface area contributed by atoms with E-state index in [2.05, 4.69) is 44.5 Å². The first kappa shape index (κ1) is 22.6. The van der Waals surface area contributed by atoms with E-state index in [1.165, 1.54) is 32.4 Å². The fourth-order valence-corrected chi connectivity index (χ4v) is 3.42. The number of hydrogen-bond donors (Lipinski definition) is 2. The summed E-state index contributed by atoms with van der Waals surface area (Å²) in [5, 5.41) is 11.1. The van der Waals surface area contributed by atoms with Gasteiger partial charge in [-0.25, -0.2) is 9.67 Å². The molecule has 8 heteroatoms. The minimum Gasteiger partial charge on any atom is -0.355 e. The van der Waals surface area contributed by atoms with Crippen LogP contribution in [0.2, 0.25) is 0 Å². The van der Waals surface area contributed by atoms with E-state index in [-0.39, 0.29) is 29.5 Å². The van der Waals surface area contributed by atoms with E-state index in [0.717, 1.165) is 23.9 Å². The van der Waals surface area contributed by atoms with E-state index in [0.29, 0.717) is 6.54 Å². The molecule has 28 heavy (non-hydrogen) atoms. The average molecular weight is 497 g/mol. The van der Waals surface area contributed by atoms with Crippen LogP contribution in [0, 0.1) is 0 Å². The van der Waals surface area contributed by atoms with Gasteiger partial charge in [0.1, 0.15) is 0 Å². The Morgan fingerprint density at radius 3 is 2.64 bits per heavy atom. The number of aliphatic imine (C=N–C) groups is 1. The second kappa shape index (κ2) is 10.8. The highest BCUT2D eigenvalue weighted by molar-refractivity contribution is 14.0. The van der Waals surface area contributed by atoms with Crippen LogP contribution in [0.5, 0.6) is 0 Å². The van der Waals surface area contributed by atoms with Gasteiger partial charge in [0.05, 0.1) is 0 Å². The molecule has 0 aliphatic carbocycles. The summed E-state index contributed by atoms with van der Waals surface area (Å²) in [5.41, 5.74) is 1.25. The topological polar surface area (TPSA) is 70.4 Å². The van der Waals surface area contributed by atoms with Gasteiger partial charge in [-0.15, -0.1) is 24.0 Å². The molecule has 0 radical (unpaired) electrons. The largest absolute Gasteiger partial charge is 0.355 e. The number of halogens is 1. The predicted octanol–water partition coefficient (Wildman–Crippen LogP) is 2.81. The van der Waals surface area contributed by atoms with E-state index in [1.54, 1.807) is 10.9 Å². The Hall–Kier alpha value is -1.68. The molecule has 3 rings (SSSR count). The number of likely N-dealkylation sites (tertiary alicyclic amines) is 1. The van der Waals surface area contributed by atoms with Crippen molar-refractivity contribution < 1.29 is 0 Å². The molecule has 0 unspecified atom stereocenters. The number of rotatable bonds is 6. The summed E-state index contributed by atoms with van der Waals surface area (Å²) in [4.78, 5) is 11.3. The Kier molecular flexibility index (Phi) is 8.68. The van der Waals surface area contributed by atoms with Gasteiger partial charge in [-0.05, 0) is 63.5 Å². The van der Waals surface area contributed by atoms with Crippen LogP contribution in [0.15, 0.2) is 41.8 Å². The summed E-state index contributed by atoms with van der Waals surface area (Å²) in [6, 6.07) is 5.93. The Morgan fingerprint density at radius 1 is 1.18 bits per heavy atom. The number of hydrogen-bond acceptors (Lipinski definition) is 4. The summed E-state index contributed by atoms with van der Waals surface area (Å²) in [7, 11) is 1.81. The molecule has 3 heterocycles. The summed E-state index contributed by atoms with van der Waals surface area (Å²) < 4.78 is 1.76. The van der Waals surface area contributed by atoms with Gasteiger partial charge in [0, 0.05) is 44.3 Å². The number of piperidine rings is 1. The van der Waals surface area contributed by atoms with Gasteiger partial charge in [-0.3, -0.25) is 9.89 Å². The SMILES string of the molecule is CN=C(NCc1ccnc(-n2cccn2)c1)NCC(C)(C)N1CCCCC1.I. The van der Waals surface area contributed by atoms with Crippen molar-refractivity contribution in [2.45, 2.75) is 45.2 Å². The molecule has 0 spiro atoms. The third-order valence-electron chi connectivity index (χ3n) is 5.13. The lowest BCUT2D eigenvalue weighted by molar-refractivity contribution is 0.0982. The van der Waals surface area contributed by atoms with Crippen molar-refractivity contribution in [3.63, 3.8) is 0 Å². The fraction of sp³-hybridized carbons (Fsp3) is 0.550. The van der Waals surface area contributed by atoms with Crippen LogP contribution in [-0.4, -0.2) is 57.8 Å². The summed E-state index contributed by atoms with van der Waals surface area (Å²) in [5.74, 6) is 1.63. The number of guanidine groups is 1. The minimum atomic E-state index is 0. The van der Waals surface area contributed by atoms with E-state index in [9.17, 15) is 0 Å². The van der Waals surface area contributed by atoms with Crippen molar-refractivity contribution in [2.24, 2.45) is 4.99 Å². The second-order valence-electron chi connectivity index (χ2n) is 7.61. The molecule has 0 saturated carbocycles. The lowest BCUT2D eigenvalue weighted by atomic mass is 9.98. The summed E-state index contributed by atoms with van der Waals surface area (Å²) in [6.07, 6.45) is 9.42. The molecule has 0 bridgehead atoms. The van der Waals surface area contributed by atoms with Crippen molar-refractivity contribution in [2.75, 3.05) is 26.7 Å². The Labute approximate surface area is 185 Å². The first-order valence-corrected chi connectivity index (χ1v) is 9.73. The van der Waals surface area contributed by atoms with Crippen molar-refractivity contribution in [3.05, 3.63) is 42.4 Å². The summed E-state index contributed by atoms with van der Waals surface area (Å²) >= 11 is 0. The second-order valence-corrected chi connectivity index (χ2v) is 7.61. The van der Waals surface area contributed by atoms with Crippen LogP contribution in [0.1, 0.15) is 38.7 Å². The molecule has 1 aliphatic heterocycles.